The van der Waals surface area contributed by atoms with Gasteiger partial charge in [0.15, 0.2) is 0 Å². The van der Waals surface area contributed by atoms with Crippen LogP contribution >= 0.6 is 0 Å². The fourth-order valence-corrected chi connectivity index (χ4v) is 3.38. The second kappa shape index (κ2) is 9.94. The summed E-state index contributed by atoms with van der Waals surface area (Å²) in [6, 6.07) is 13.4. The summed E-state index contributed by atoms with van der Waals surface area (Å²) in [5.74, 6) is 1.16. The molecule has 0 heterocycles. The van der Waals surface area contributed by atoms with Gasteiger partial charge in [-0.2, -0.15) is 0 Å². The van der Waals surface area contributed by atoms with Crippen LogP contribution in [0, 0.1) is 0 Å². The molecule has 0 radical (unpaired) electrons. The highest BCUT2D eigenvalue weighted by atomic mass is 32.2. The van der Waals surface area contributed by atoms with Crippen molar-refractivity contribution in [2.24, 2.45) is 0 Å². The minimum atomic E-state index is -3.63. The van der Waals surface area contributed by atoms with Gasteiger partial charge in [-0.15, -0.1) is 0 Å². The molecule has 0 aliphatic carbocycles. The predicted molar refractivity (Wildman–Crippen MR) is 103 cm³/mol. The van der Waals surface area contributed by atoms with E-state index in [1.807, 2.05) is 19.1 Å². The molecule has 0 aliphatic rings. The number of sulfonamides is 1. The largest absolute Gasteiger partial charge is 0.497 e. The molecule has 0 aromatic heterocycles. The summed E-state index contributed by atoms with van der Waals surface area (Å²) in [6.45, 7) is 2.67. The molecule has 0 saturated carbocycles. The zero-order chi connectivity index (χ0) is 19.7. The van der Waals surface area contributed by atoms with Crippen LogP contribution in [0.4, 0.5) is 0 Å². The van der Waals surface area contributed by atoms with Gasteiger partial charge in [0.1, 0.15) is 11.5 Å². The van der Waals surface area contributed by atoms with Crippen molar-refractivity contribution in [2.75, 3.05) is 26.8 Å². The predicted octanol–water partition coefficient (Wildman–Crippen LogP) is 1.73. The van der Waals surface area contributed by atoms with E-state index < -0.39 is 10.0 Å². The molecule has 2 rings (SSSR count). The lowest BCUT2D eigenvalue weighted by molar-refractivity contribution is -0.120. The molecule has 0 fully saturated rings. The number of carbonyl (C=O) groups is 1. The summed E-state index contributed by atoms with van der Waals surface area (Å²) < 4.78 is 37.3. The third kappa shape index (κ3) is 6.58. The lowest BCUT2D eigenvalue weighted by Crippen LogP contribution is -2.35. The lowest BCUT2D eigenvalue weighted by atomic mass is 10.1. The molecule has 7 nitrogen and oxygen atoms in total. The van der Waals surface area contributed by atoms with E-state index in [4.69, 9.17) is 9.47 Å². The van der Waals surface area contributed by atoms with Gasteiger partial charge in [0.25, 0.3) is 0 Å². The Morgan fingerprint density at radius 1 is 0.963 bits per heavy atom. The van der Waals surface area contributed by atoms with E-state index in [0.717, 1.165) is 11.3 Å². The van der Waals surface area contributed by atoms with Crippen molar-refractivity contribution in [3.8, 4) is 11.5 Å². The normalized spacial score (nSPS) is 11.0. The smallest absolute Gasteiger partial charge is 0.240 e. The summed E-state index contributed by atoms with van der Waals surface area (Å²) in [6.07, 6.45) is 0.218. The molecule has 0 atom stereocenters. The van der Waals surface area contributed by atoms with Crippen LogP contribution in [0.5, 0.6) is 11.5 Å². The first-order chi connectivity index (χ1) is 12.9. The van der Waals surface area contributed by atoms with Crippen molar-refractivity contribution >= 4 is 15.9 Å². The Morgan fingerprint density at radius 2 is 1.59 bits per heavy atom. The molecule has 1 amide bonds. The van der Waals surface area contributed by atoms with Crippen molar-refractivity contribution in [1.29, 1.82) is 0 Å². The van der Waals surface area contributed by atoms with E-state index in [1.165, 1.54) is 12.1 Å². The van der Waals surface area contributed by atoms with Gasteiger partial charge in [0.2, 0.25) is 15.9 Å². The van der Waals surface area contributed by atoms with Gasteiger partial charge >= 0.3 is 0 Å². The fraction of sp³-hybridized carbons (Fsp3) is 0.316. The van der Waals surface area contributed by atoms with Gasteiger partial charge in [0, 0.05) is 13.1 Å². The maximum atomic E-state index is 12.2. The van der Waals surface area contributed by atoms with Crippen LogP contribution < -0.4 is 19.5 Å². The number of rotatable bonds is 10. The molecule has 0 saturated heterocycles. The van der Waals surface area contributed by atoms with E-state index in [0.29, 0.717) is 12.4 Å². The Labute approximate surface area is 159 Å². The highest BCUT2D eigenvalue weighted by Gasteiger charge is 2.13. The van der Waals surface area contributed by atoms with Crippen LogP contribution in [0.3, 0.4) is 0 Å². The molecule has 0 bridgehead atoms. The van der Waals surface area contributed by atoms with Gasteiger partial charge in [-0.05, 0) is 48.9 Å². The van der Waals surface area contributed by atoms with E-state index in [-0.39, 0.29) is 30.3 Å². The van der Waals surface area contributed by atoms with Gasteiger partial charge < -0.3 is 14.8 Å². The Hall–Kier alpha value is -2.58. The second-order valence-electron chi connectivity index (χ2n) is 5.68. The number of benzene rings is 2. The Morgan fingerprint density at radius 3 is 2.19 bits per heavy atom. The van der Waals surface area contributed by atoms with Crippen molar-refractivity contribution in [1.82, 2.24) is 10.0 Å². The minimum absolute atomic E-state index is 0.101. The van der Waals surface area contributed by atoms with Crippen molar-refractivity contribution in [3.63, 3.8) is 0 Å². The van der Waals surface area contributed by atoms with Gasteiger partial charge in [-0.3, -0.25) is 4.79 Å². The zero-order valence-corrected chi connectivity index (χ0v) is 16.2. The number of nitrogens with one attached hydrogen (secondary N) is 2. The maximum Gasteiger partial charge on any atom is 0.240 e. The Bertz CT molecular complexity index is 833. The average molecular weight is 392 g/mol. The highest BCUT2D eigenvalue weighted by Crippen LogP contribution is 2.15. The summed E-state index contributed by atoms with van der Waals surface area (Å²) in [5.41, 5.74) is 0.850. The van der Waals surface area contributed by atoms with Crippen LogP contribution in [0.15, 0.2) is 53.4 Å². The third-order valence-electron chi connectivity index (χ3n) is 3.71. The maximum absolute atomic E-state index is 12.2. The first-order valence-corrected chi connectivity index (χ1v) is 10.0. The van der Waals surface area contributed by atoms with Crippen LogP contribution in [-0.4, -0.2) is 41.1 Å². The molecule has 0 aliphatic heterocycles. The second-order valence-corrected chi connectivity index (χ2v) is 7.44. The number of hydrogen-bond donors (Lipinski definition) is 2. The molecule has 0 spiro atoms. The SMILES string of the molecule is CCOc1ccc(S(=O)(=O)NCCNC(=O)Cc2ccc(OC)cc2)cc1. The van der Waals surface area contributed by atoms with E-state index in [2.05, 4.69) is 10.0 Å². The van der Waals surface area contributed by atoms with Gasteiger partial charge in [0.05, 0.1) is 25.0 Å². The molecule has 2 aromatic carbocycles. The topological polar surface area (TPSA) is 93.7 Å². The van der Waals surface area contributed by atoms with Gasteiger partial charge in [-0.1, -0.05) is 12.1 Å². The quantitative estimate of drug-likeness (QED) is 0.601. The van der Waals surface area contributed by atoms with Gasteiger partial charge in [-0.25, -0.2) is 13.1 Å². The van der Waals surface area contributed by atoms with Crippen molar-refractivity contribution in [3.05, 3.63) is 54.1 Å². The van der Waals surface area contributed by atoms with E-state index >= 15 is 0 Å². The zero-order valence-electron chi connectivity index (χ0n) is 15.4. The molecule has 146 valence electrons. The standard InChI is InChI=1S/C19H24N2O5S/c1-3-26-17-8-10-18(11-9-17)27(23,24)21-13-12-20-19(22)14-15-4-6-16(25-2)7-5-15/h4-11,21H,3,12-14H2,1-2H3,(H,20,22). The number of hydrogen-bond acceptors (Lipinski definition) is 5. The first-order valence-electron chi connectivity index (χ1n) is 8.56. The minimum Gasteiger partial charge on any atom is -0.497 e. The average Bonchev–Trinajstić information content (AvgIpc) is 2.67. The van der Waals surface area contributed by atoms with Crippen molar-refractivity contribution in [2.45, 2.75) is 18.2 Å². The number of ether oxygens (including phenoxy) is 2. The van der Waals surface area contributed by atoms with Crippen LogP contribution in [-0.2, 0) is 21.2 Å². The Balaban J connectivity index is 1.76. The van der Waals surface area contributed by atoms with Crippen LogP contribution in [0.25, 0.3) is 0 Å². The highest BCUT2D eigenvalue weighted by molar-refractivity contribution is 7.89. The Kier molecular flexibility index (Phi) is 7.63. The summed E-state index contributed by atoms with van der Waals surface area (Å²) in [7, 11) is -2.05. The molecule has 8 heteroatoms. The monoisotopic (exact) mass is 392 g/mol. The lowest BCUT2D eigenvalue weighted by Gasteiger charge is -2.09. The third-order valence-corrected chi connectivity index (χ3v) is 5.18. The van der Waals surface area contributed by atoms with E-state index in [9.17, 15) is 13.2 Å². The fourth-order valence-electron chi connectivity index (χ4n) is 2.34. The molecule has 0 unspecified atom stereocenters. The molecular weight excluding hydrogens is 368 g/mol. The van der Waals surface area contributed by atoms with E-state index in [1.54, 1.807) is 31.4 Å². The van der Waals surface area contributed by atoms with Crippen LogP contribution in [0.1, 0.15) is 12.5 Å². The summed E-state index contributed by atoms with van der Waals surface area (Å²) in [4.78, 5) is 12.1. The number of methoxy groups -OCH3 is 1. The summed E-state index contributed by atoms with van der Waals surface area (Å²) >= 11 is 0. The molecule has 2 aromatic rings. The van der Waals surface area contributed by atoms with Crippen molar-refractivity contribution < 1.29 is 22.7 Å². The number of amides is 1. The molecule has 27 heavy (non-hydrogen) atoms. The van der Waals surface area contributed by atoms with Crippen LogP contribution in [0.2, 0.25) is 0 Å². The summed E-state index contributed by atoms with van der Waals surface area (Å²) in [5, 5.41) is 2.69. The first kappa shape index (κ1) is 20.7. The molecular formula is C19H24N2O5S. The molecule has 2 N–H and O–H groups in total. The number of carbonyl (C=O) groups excluding carboxylic acids is 1.